The van der Waals surface area contributed by atoms with Crippen LogP contribution in [0.3, 0.4) is 0 Å². The molecule has 0 amide bonds. The minimum Gasteiger partial charge on any atom is -0.367 e. The van der Waals surface area contributed by atoms with Gasteiger partial charge in [-0.3, -0.25) is 10.1 Å². The van der Waals surface area contributed by atoms with Crippen molar-refractivity contribution in [3.63, 3.8) is 0 Å². The molecule has 0 unspecified atom stereocenters. The van der Waals surface area contributed by atoms with Crippen molar-refractivity contribution in [3.05, 3.63) is 34.1 Å². The van der Waals surface area contributed by atoms with E-state index in [2.05, 4.69) is 10.6 Å². The molecule has 20 heavy (non-hydrogen) atoms. The Morgan fingerprint density at radius 1 is 1.50 bits per heavy atom. The van der Waals surface area contributed by atoms with Gasteiger partial charge in [0.15, 0.2) is 0 Å². The standard InChI is InChI=1S/C11H11FN2O5S/c1-2-6-19-7-5-13-20(17,18)9-3-4-11(14(15)16)10(12)8-9/h1,3-4,8,13H,5-7H2. The first-order valence-corrected chi connectivity index (χ1v) is 6.81. The number of rotatable bonds is 7. The second-order valence-corrected chi connectivity index (χ2v) is 5.29. The van der Waals surface area contributed by atoms with Gasteiger partial charge in [0.25, 0.3) is 0 Å². The average molecular weight is 302 g/mol. The molecule has 0 fully saturated rings. The number of halogens is 1. The molecule has 0 radical (unpaired) electrons. The Kier molecular flexibility index (Phi) is 5.57. The minimum absolute atomic E-state index is 0.0495. The lowest BCUT2D eigenvalue weighted by molar-refractivity contribution is -0.387. The van der Waals surface area contributed by atoms with Crippen molar-refractivity contribution >= 4 is 15.7 Å². The Bertz CT molecular complexity index is 639. The van der Waals surface area contributed by atoms with Gasteiger partial charge in [-0.25, -0.2) is 13.1 Å². The molecule has 108 valence electrons. The average Bonchev–Trinajstić information content (AvgIpc) is 2.37. The summed E-state index contributed by atoms with van der Waals surface area (Å²) in [7, 11) is -3.96. The molecule has 7 nitrogen and oxygen atoms in total. The minimum atomic E-state index is -3.96. The Labute approximate surface area is 114 Å². The Hall–Kier alpha value is -2.02. The fourth-order valence-electron chi connectivity index (χ4n) is 1.27. The summed E-state index contributed by atoms with van der Waals surface area (Å²) in [5.41, 5.74) is -0.790. The van der Waals surface area contributed by atoms with Crippen LogP contribution in [0.1, 0.15) is 0 Å². The highest BCUT2D eigenvalue weighted by molar-refractivity contribution is 7.89. The van der Waals surface area contributed by atoms with Gasteiger partial charge in [0.2, 0.25) is 15.8 Å². The second kappa shape index (κ2) is 6.95. The monoisotopic (exact) mass is 302 g/mol. The number of terminal acetylenes is 1. The van der Waals surface area contributed by atoms with Gasteiger partial charge in [0.05, 0.1) is 16.4 Å². The number of sulfonamides is 1. The summed E-state index contributed by atoms with van der Waals surface area (Å²) >= 11 is 0. The lowest BCUT2D eigenvalue weighted by atomic mass is 10.3. The van der Waals surface area contributed by atoms with E-state index < -0.39 is 31.3 Å². The lowest BCUT2D eigenvalue weighted by Gasteiger charge is -2.06. The first kappa shape index (κ1) is 16.0. The molecular weight excluding hydrogens is 291 g/mol. The van der Waals surface area contributed by atoms with Crippen LogP contribution in [0.4, 0.5) is 10.1 Å². The highest BCUT2D eigenvalue weighted by Gasteiger charge is 2.20. The van der Waals surface area contributed by atoms with Gasteiger partial charge in [0, 0.05) is 18.7 Å². The van der Waals surface area contributed by atoms with Gasteiger partial charge in [-0.1, -0.05) is 5.92 Å². The summed E-state index contributed by atoms with van der Waals surface area (Å²) in [6.07, 6.45) is 4.93. The number of nitrogens with zero attached hydrogens (tertiary/aromatic N) is 1. The second-order valence-electron chi connectivity index (χ2n) is 3.52. The van der Waals surface area contributed by atoms with Crippen LogP contribution in [-0.4, -0.2) is 33.1 Å². The van der Waals surface area contributed by atoms with E-state index in [0.717, 1.165) is 12.1 Å². The fourth-order valence-corrected chi connectivity index (χ4v) is 2.29. The van der Waals surface area contributed by atoms with Gasteiger partial charge in [-0.05, 0) is 6.07 Å². The number of benzene rings is 1. The van der Waals surface area contributed by atoms with Crippen LogP contribution in [0, 0.1) is 28.3 Å². The van der Waals surface area contributed by atoms with Crippen molar-refractivity contribution < 1.29 is 22.5 Å². The van der Waals surface area contributed by atoms with Gasteiger partial charge in [-0.2, -0.15) is 4.39 Å². The number of hydrogen-bond donors (Lipinski definition) is 1. The summed E-state index contributed by atoms with van der Waals surface area (Å²) in [5.74, 6) is 0.988. The first-order valence-electron chi connectivity index (χ1n) is 5.33. The Morgan fingerprint density at radius 2 is 2.20 bits per heavy atom. The smallest absolute Gasteiger partial charge is 0.304 e. The van der Waals surface area contributed by atoms with E-state index in [0.29, 0.717) is 6.07 Å². The van der Waals surface area contributed by atoms with E-state index in [-0.39, 0.29) is 19.8 Å². The van der Waals surface area contributed by atoms with E-state index in [1.165, 1.54) is 0 Å². The third kappa shape index (κ3) is 4.27. The highest BCUT2D eigenvalue weighted by Crippen LogP contribution is 2.20. The zero-order chi connectivity index (χ0) is 15.2. The number of nitro groups is 1. The molecule has 0 aliphatic heterocycles. The zero-order valence-corrected chi connectivity index (χ0v) is 11.0. The van der Waals surface area contributed by atoms with Crippen molar-refractivity contribution in [1.82, 2.24) is 4.72 Å². The maximum atomic E-state index is 13.3. The summed E-state index contributed by atoms with van der Waals surface area (Å²) < 4.78 is 43.9. The maximum Gasteiger partial charge on any atom is 0.304 e. The highest BCUT2D eigenvalue weighted by atomic mass is 32.2. The van der Waals surface area contributed by atoms with Crippen LogP contribution in [0.15, 0.2) is 23.1 Å². The molecule has 0 atom stereocenters. The number of ether oxygens (including phenoxy) is 1. The van der Waals surface area contributed by atoms with Crippen molar-refractivity contribution in [2.24, 2.45) is 0 Å². The van der Waals surface area contributed by atoms with E-state index in [9.17, 15) is 22.9 Å². The molecule has 0 saturated carbocycles. The van der Waals surface area contributed by atoms with Gasteiger partial charge in [0.1, 0.15) is 6.61 Å². The van der Waals surface area contributed by atoms with E-state index in [1.54, 1.807) is 0 Å². The summed E-state index contributed by atoms with van der Waals surface area (Å²) in [5, 5.41) is 10.4. The molecule has 1 aromatic rings. The topological polar surface area (TPSA) is 98.5 Å². The van der Waals surface area contributed by atoms with Crippen molar-refractivity contribution in [3.8, 4) is 12.3 Å². The summed E-state index contributed by atoms with van der Waals surface area (Å²) in [6, 6.07) is 2.33. The molecule has 0 bridgehead atoms. The van der Waals surface area contributed by atoms with Gasteiger partial charge >= 0.3 is 5.69 Å². The fraction of sp³-hybridized carbons (Fsp3) is 0.273. The third-order valence-electron chi connectivity index (χ3n) is 2.15. The van der Waals surface area contributed by atoms with Gasteiger partial charge in [-0.15, -0.1) is 6.42 Å². The normalized spacial score (nSPS) is 11.0. The Morgan fingerprint density at radius 3 is 2.75 bits per heavy atom. The predicted molar refractivity (Wildman–Crippen MR) is 67.9 cm³/mol. The first-order chi connectivity index (χ1) is 9.38. The molecule has 0 saturated heterocycles. The van der Waals surface area contributed by atoms with Crippen LogP contribution in [0.2, 0.25) is 0 Å². The number of nitro benzene ring substituents is 1. The van der Waals surface area contributed by atoms with Crippen LogP contribution in [-0.2, 0) is 14.8 Å². The van der Waals surface area contributed by atoms with Crippen molar-refractivity contribution in [2.75, 3.05) is 19.8 Å². The molecular formula is C11H11FN2O5S. The summed E-state index contributed by atoms with van der Waals surface area (Å²) in [6.45, 7) is 0.0510. The van der Waals surface area contributed by atoms with E-state index in [1.807, 2.05) is 0 Å². The van der Waals surface area contributed by atoms with Crippen LogP contribution in [0.25, 0.3) is 0 Å². The maximum absolute atomic E-state index is 13.3. The molecule has 0 aliphatic rings. The Balaban J connectivity index is 2.76. The molecule has 0 heterocycles. The molecule has 1 aromatic carbocycles. The lowest BCUT2D eigenvalue weighted by Crippen LogP contribution is -2.27. The van der Waals surface area contributed by atoms with Crippen LogP contribution >= 0.6 is 0 Å². The third-order valence-corrected chi connectivity index (χ3v) is 3.61. The zero-order valence-electron chi connectivity index (χ0n) is 10.2. The van der Waals surface area contributed by atoms with E-state index in [4.69, 9.17) is 11.2 Å². The molecule has 0 aliphatic carbocycles. The predicted octanol–water partition coefficient (Wildman–Crippen LogP) is 0.662. The van der Waals surface area contributed by atoms with Crippen LogP contribution < -0.4 is 4.72 Å². The molecule has 0 aromatic heterocycles. The molecule has 0 spiro atoms. The molecule has 9 heteroatoms. The quantitative estimate of drug-likeness (QED) is 0.345. The van der Waals surface area contributed by atoms with Crippen molar-refractivity contribution in [2.45, 2.75) is 4.90 Å². The molecule has 1 N–H and O–H groups in total. The van der Waals surface area contributed by atoms with Gasteiger partial charge < -0.3 is 4.74 Å². The van der Waals surface area contributed by atoms with E-state index >= 15 is 0 Å². The number of nitrogens with one attached hydrogen (secondary N) is 1. The number of hydrogen-bond acceptors (Lipinski definition) is 5. The van der Waals surface area contributed by atoms with Crippen molar-refractivity contribution in [1.29, 1.82) is 0 Å². The van der Waals surface area contributed by atoms with Crippen LogP contribution in [0.5, 0.6) is 0 Å². The summed E-state index contributed by atoms with van der Waals surface area (Å²) in [4.78, 5) is 9.08. The SMILES string of the molecule is C#CCOCCNS(=O)(=O)c1ccc([N+](=O)[O-])c(F)c1. The largest absolute Gasteiger partial charge is 0.367 e. The molecule has 1 rings (SSSR count).